The predicted octanol–water partition coefficient (Wildman–Crippen LogP) is 4.79. The number of benzene rings is 2. The molecular formula is C26H19FN4O3. The van der Waals surface area contributed by atoms with E-state index in [2.05, 4.69) is 10.3 Å². The largest absolute Gasteiger partial charge is 0.438 e. The van der Waals surface area contributed by atoms with Crippen LogP contribution in [0.1, 0.15) is 16.7 Å². The first-order chi connectivity index (χ1) is 16.4. The number of carbonyl (C=O) groups is 1. The van der Waals surface area contributed by atoms with Gasteiger partial charge < -0.3 is 10.1 Å². The Morgan fingerprint density at radius 3 is 2.50 bits per heavy atom. The van der Waals surface area contributed by atoms with Crippen molar-refractivity contribution in [2.45, 2.75) is 13.8 Å². The molecule has 4 aromatic rings. The van der Waals surface area contributed by atoms with Crippen molar-refractivity contribution in [1.29, 1.82) is 5.26 Å². The first-order valence-electron chi connectivity index (χ1n) is 10.3. The SMILES string of the molecule is Cc1ccccc1Oc1nc2c(C)cccn2c(=O)c1/C=C(/C#N)C(=O)Nc1ccc(F)cc1. The van der Waals surface area contributed by atoms with E-state index in [0.29, 0.717) is 17.1 Å². The molecule has 2 aromatic carbocycles. The number of para-hydroxylation sites is 1. The summed E-state index contributed by atoms with van der Waals surface area (Å²) in [7, 11) is 0. The van der Waals surface area contributed by atoms with Crippen LogP contribution < -0.4 is 15.6 Å². The predicted molar refractivity (Wildman–Crippen MR) is 126 cm³/mol. The Labute approximate surface area is 194 Å². The molecule has 4 rings (SSSR count). The van der Waals surface area contributed by atoms with E-state index in [1.165, 1.54) is 28.7 Å². The zero-order valence-electron chi connectivity index (χ0n) is 18.4. The molecule has 0 fully saturated rings. The van der Waals surface area contributed by atoms with Gasteiger partial charge in [0.05, 0.1) is 0 Å². The van der Waals surface area contributed by atoms with Crippen molar-refractivity contribution < 1.29 is 13.9 Å². The second kappa shape index (κ2) is 9.38. The lowest BCUT2D eigenvalue weighted by atomic mass is 10.1. The molecule has 8 heteroatoms. The highest BCUT2D eigenvalue weighted by atomic mass is 19.1. The molecular weight excluding hydrogens is 435 g/mol. The fourth-order valence-corrected chi connectivity index (χ4v) is 3.29. The van der Waals surface area contributed by atoms with Gasteiger partial charge in [-0.05, 0) is 67.4 Å². The highest BCUT2D eigenvalue weighted by Gasteiger charge is 2.18. The highest BCUT2D eigenvalue weighted by molar-refractivity contribution is 6.09. The number of nitriles is 1. The minimum absolute atomic E-state index is 0.0315. The van der Waals surface area contributed by atoms with Gasteiger partial charge in [-0.25, -0.2) is 4.39 Å². The Balaban J connectivity index is 1.84. The van der Waals surface area contributed by atoms with Crippen LogP contribution in [0, 0.1) is 31.0 Å². The number of nitrogens with one attached hydrogen (secondary N) is 1. The topological polar surface area (TPSA) is 96.5 Å². The van der Waals surface area contributed by atoms with Gasteiger partial charge in [-0.1, -0.05) is 24.3 Å². The normalized spacial score (nSPS) is 11.2. The quantitative estimate of drug-likeness (QED) is 0.346. The number of fused-ring (bicyclic) bond motifs is 1. The molecule has 1 N–H and O–H groups in total. The van der Waals surface area contributed by atoms with Crippen molar-refractivity contribution in [3.63, 3.8) is 0 Å². The zero-order valence-corrected chi connectivity index (χ0v) is 18.4. The van der Waals surface area contributed by atoms with Gasteiger partial charge in [0.15, 0.2) is 0 Å². The van der Waals surface area contributed by atoms with Gasteiger partial charge >= 0.3 is 0 Å². The van der Waals surface area contributed by atoms with Crippen molar-refractivity contribution in [1.82, 2.24) is 9.38 Å². The standard InChI is InChI=1S/C26H19FN4O3/c1-16-6-3-4-8-22(16)34-25-21(26(33)31-13-5-7-17(2)23(31)30-25)14-18(15-28)24(32)29-20-11-9-19(27)10-12-20/h3-14H,1-2H3,(H,29,32)/b18-14-. The number of rotatable bonds is 5. The third-order valence-corrected chi connectivity index (χ3v) is 5.11. The van der Waals surface area contributed by atoms with Crippen LogP contribution >= 0.6 is 0 Å². The lowest BCUT2D eigenvalue weighted by Gasteiger charge is -2.13. The van der Waals surface area contributed by atoms with Gasteiger partial charge in [0.25, 0.3) is 11.5 Å². The van der Waals surface area contributed by atoms with E-state index in [1.807, 2.05) is 38.1 Å². The summed E-state index contributed by atoms with van der Waals surface area (Å²) in [6.45, 7) is 3.66. The van der Waals surface area contributed by atoms with Crippen LogP contribution in [0.15, 0.2) is 77.2 Å². The molecule has 7 nitrogen and oxygen atoms in total. The third-order valence-electron chi connectivity index (χ3n) is 5.11. The third kappa shape index (κ3) is 4.54. The number of pyridine rings is 1. The second-order valence-electron chi connectivity index (χ2n) is 7.52. The average Bonchev–Trinajstić information content (AvgIpc) is 2.82. The molecule has 0 aliphatic rings. The number of anilines is 1. The zero-order chi connectivity index (χ0) is 24.2. The molecule has 0 atom stereocenters. The fourth-order valence-electron chi connectivity index (χ4n) is 3.29. The summed E-state index contributed by atoms with van der Waals surface area (Å²) in [5.41, 5.74) is 1.36. The van der Waals surface area contributed by atoms with E-state index in [1.54, 1.807) is 24.4 Å². The van der Waals surface area contributed by atoms with Crippen LogP contribution in [0.4, 0.5) is 10.1 Å². The molecule has 0 radical (unpaired) electrons. The molecule has 0 spiro atoms. The van der Waals surface area contributed by atoms with Crippen LogP contribution in [0.25, 0.3) is 11.7 Å². The summed E-state index contributed by atoms with van der Waals surface area (Å²) in [5.74, 6) is -0.769. The van der Waals surface area contributed by atoms with Gasteiger partial charge in [-0.2, -0.15) is 10.2 Å². The van der Waals surface area contributed by atoms with Crippen LogP contribution in [0.3, 0.4) is 0 Å². The first-order valence-corrected chi connectivity index (χ1v) is 10.3. The Bertz CT molecular complexity index is 1530. The maximum atomic E-state index is 13.4. The molecule has 0 saturated carbocycles. The summed E-state index contributed by atoms with van der Waals surface area (Å²) < 4.78 is 20.5. The van der Waals surface area contributed by atoms with E-state index < -0.39 is 17.3 Å². The minimum atomic E-state index is -0.760. The molecule has 2 heterocycles. The lowest BCUT2D eigenvalue weighted by Crippen LogP contribution is -2.20. The van der Waals surface area contributed by atoms with E-state index in [4.69, 9.17) is 4.74 Å². The second-order valence-corrected chi connectivity index (χ2v) is 7.52. The van der Waals surface area contributed by atoms with Crippen LogP contribution in [0.2, 0.25) is 0 Å². The average molecular weight is 454 g/mol. The number of hydrogen-bond donors (Lipinski definition) is 1. The summed E-state index contributed by atoms with van der Waals surface area (Å²) in [6.07, 6.45) is 2.70. The lowest BCUT2D eigenvalue weighted by molar-refractivity contribution is -0.112. The van der Waals surface area contributed by atoms with Crippen LogP contribution in [0.5, 0.6) is 11.6 Å². The number of halogens is 1. The van der Waals surface area contributed by atoms with E-state index in [-0.39, 0.29) is 17.0 Å². The fraction of sp³-hybridized carbons (Fsp3) is 0.0769. The van der Waals surface area contributed by atoms with Crippen molar-refractivity contribution in [3.8, 4) is 17.7 Å². The van der Waals surface area contributed by atoms with E-state index in [0.717, 1.165) is 17.2 Å². The van der Waals surface area contributed by atoms with Gasteiger partial charge in [-0.3, -0.25) is 14.0 Å². The molecule has 0 saturated heterocycles. The van der Waals surface area contributed by atoms with Crippen molar-refractivity contribution in [2.75, 3.05) is 5.32 Å². The molecule has 0 aliphatic carbocycles. The molecule has 1 amide bonds. The van der Waals surface area contributed by atoms with Gasteiger partial charge in [0.2, 0.25) is 5.88 Å². The number of aromatic nitrogens is 2. The number of amides is 1. The summed E-state index contributed by atoms with van der Waals surface area (Å²) in [5, 5.41) is 12.2. The molecule has 0 aliphatic heterocycles. The summed E-state index contributed by atoms with van der Waals surface area (Å²) >= 11 is 0. The minimum Gasteiger partial charge on any atom is -0.438 e. The van der Waals surface area contributed by atoms with Crippen molar-refractivity contribution in [3.05, 3.63) is 105 Å². The Morgan fingerprint density at radius 1 is 1.09 bits per heavy atom. The molecule has 0 bridgehead atoms. The van der Waals surface area contributed by atoms with Crippen molar-refractivity contribution >= 4 is 23.3 Å². The van der Waals surface area contributed by atoms with Gasteiger partial charge in [0.1, 0.15) is 34.4 Å². The Kier molecular flexibility index (Phi) is 6.19. The van der Waals surface area contributed by atoms with Gasteiger partial charge in [0, 0.05) is 11.9 Å². The number of aryl methyl sites for hydroxylation is 2. The number of hydrogen-bond acceptors (Lipinski definition) is 5. The Morgan fingerprint density at radius 2 is 1.79 bits per heavy atom. The summed E-state index contributed by atoms with van der Waals surface area (Å²) in [6, 6.07) is 17.6. The van der Waals surface area contributed by atoms with Crippen LogP contribution in [-0.2, 0) is 4.79 Å². The molecule has 168 valence electrons. The maximum Gasteiger partial charge on any atom is 0.269 e. The number of nitrogens with zero attached hydrogens (tertiary/aromatic N) is 3. The summed E-state index contributed by atoms with van der Waals surface area (Å²) in [4.78, 5) is 30.6. The van der Waals surface area contributed by atoms with E-state index in [9.17, 15) is 19.2 Å². The smallest absolute Gasteiger partial charge is 0.269 e. The monoisotopic (exact) mass is 454 g/mol. The first kappa shape index (κ1) is 22.4. The molecule has 2 aromatic heterocycles. The van der Waals surface area contributed by atoms with E-state index >= 15 is 0 Å². The molecule has 34 heavy (non-hydrogen) atoms. The number of carbonyl (C=O) groups excluding carboxylic acids is 1. The number of ether oxygens (including phenoxy) is 1. The van der Waals surface area contributed by atoms with Gasteiger partial charge in [-0.15, -0.1) is 0 Å². The molecule has 0 unspecified atom stereocenters. The van der Waals surface area contributed by atoms with Crippen molar-refractivity contribution in [2.24, 2.45) is 0 Å². The highest BCUT2D eigenvalue weighted by Crippen LogP contribution is 2.27. The van der Waals surface area contributed by atoms with Crippen LogP contribution in [-0.4, -0.2) is 15.3 Å². The Hall–Kier alpha value is -4.77. The maximum absolute atomic E-state index is 13.4.